The number of thiocarbonyl (C=S) groups is 1. The summed E-state index contributed by atoms with van der Waals surface area (Å²) in [4.78, 5) is 14.2. The van der Waals surface area contributed by atoms with E-state index in [1.807, 2.05) is 0 Å². The highest BCUT2D eigenvalue weighted by molar-refractivity contribution is 7.80. The minimum absolute atomic E-state index is 0.116. The number of amides is 1. The van der Waals surface area contributed by atoms with Gasteiger partial charge in [0.2, 0.25) is 0 Å². The average Bonchev–Trinajstić information content (AvgIpc) is 2.56. The molecule has 1 heterocycles. The second-order valence-electron chi connectivity index (χ2n) is 5.47. The molecule has 126 valence electrons. The third-order valence-electron chi connectivity index (χ3n) is 3.81. The molecule has 1 aromatic rings. The van der Waals surface area contributed by atoms with Crippen molar-refractivity contribution in [2.24, 2.45) is 0 Å². The second-order valence-corrected chi connectivity index (χ2v) is 5.85. The molecule has 0 atom stereocenters. The first-order valence-electron chi connectivity index (χ1n) is 7.68. The van der Waals surface area contributed by atoms with Gasteiger partial charge in [-0.3, -0.25) is 4.79 Å². The molecule has 1 aromatic carbocycles. The maximum atomic E-state index is 12.9. The number of methoxy groups -OCH3 is 1. The quantitative estimate of drug-likeness (QED) is 0.630. The van der Waals surface area contributed by atoms with Crippen molar-refractivity contribution in [3.63, 3.8) is 0 Å². The molecule has 1 saturated heterocycles. The molecular weight excluding hydrogens is 317 g/mol. The van der Waals surface area contributed by atoms with E-state index in [1.165, 1.54) is 24.3 Å². The summed E-state index contributed by atoms with van der Waals surface area (Å²) < 4.78 is 17.9. The minimum atomic E-state index is -0.343. The zero-order chi connectivity index (χ0) is 16.7. The normalized spacial score (nSPS) is 15.3. The van der Waals surface area contributed by atoms with Crippen LogP contribution in [0, 0.1) is 5.82 Å². The third-order valence-corrected chi connectivity index (χ3v) is 4.21. The van der Waals surface area contributed by atoms with Gasteiger partial charge in [-0.2, -0.15) is 0 Å². The predicted molar refractivity (Wildman–Crippen MR) is 90.9 cm³/mol. The predicted octanol–water partition coefficient (Wildman–Crippen LogP) is 1.54. The van der Waals surface area contributed by atoms with Crippen LogP contribution in [0.3, 0.4) is 0 Å². The molecule has 2 rings (SSSR count). The van der Waals surface area contributed by atoms with Crippen LogP contribution in [0.4, 0.5) is 4.39 Å². The maximum absolute atomic E-state index is 12.9. The van der Waals surface area contributed by atoms with Gasteiger partial charge in [0.15, 0.2) is 5.11 Å². The molecule has 5 nitrogen and oxygen atoms in total. The lowest BCUT2D eigenvalue weighted by Gasteiger charge is -2.34. The number of carbonyl (C=O) groups excluding carboxylic acids is 1. The van der Waals surface area contributed by atoms with Crippen molar-refractivity contribution in [1.82, 2.24) is 15.5 Å². The Hall–Kier alpha value is -1.73. The zero-order valence-electron chi connectivity index (χ0n) is 13.2. The molecule has 1 aliphatic rings. The zero-order valence-corrected chi connectivity index (χ0v) is 14.0. The summed E-state index contributed by atoms with van der Waals surface area (Å²) in [5.41, 5.74) is 0.477. The molecule has 0 spiro atoms. The summed E-state index contributed by atoms with van der Waals surface area (Å²) >= 11 is 5.34. The second kappa shape index (κ2) is 8.79. The number of ether oxygens (including phenoxy) is 1. The molecular formula is C16H22FN3O2S. The Balaban J connectivity index is 1.75. The number of hydrogen-bond acceptors (Lipinski definition) is 3. The van der Waals surface area contributed by atoms with Crippen molar-refractivity contribution in [2.75, 3.05) is 33.4 Å². The maximum Gasteiger partial charge on any atom is 0.251 e. The highest BCUT2D eigenvalue weighted by Crippen LogP contribution is 2.12. The van der Waals surface area contributed by atoms with Crippen LogP contribution >= 0.6 is 12.2 Å². The van der Waals surface area contributed by atoms with Crippen LogP contribution in [-0.4, -0.2) is 55.3 Å². The van der Waals surface area contributed by atoms with Gasteiger partial charge in [0.05, 0.1) is 6.61 Å². The fraction of sp³-hybridized carbons (Fsp3) is 0.500. The Kier molecular flexibility index (Phi) is 6.73. The Labute approximate surface area is 141 Å². The van der Waals surface area contributed by atoms with E-state index in [0.29, 0.717) is 18.7 Å². The fourth-order valence-electron chi connectivity index (χ4n) is 2.47. The standard InChI is InChI=1S/C16H22FN3O2S/c1-22-11-8-18-16(23)20-9-6-14(7-10-20)19-15(21)12-2-4-13(17)5-3-12/h2-5,14H,6-11H2,1H3,(H,18,23)(H,19,21). The van der Waals surface area contributed by atoms with Crippen molar-refractivity contribution in [3.05, 3.63) is 35.6 Å². The molecule has 0 aromatic heterocycles. The van der Waals surface area contributed by atoms with Crippen molar-refractivity contribution >= 4 is 23.2 Å². The minimum Gasteiger partial charge on any atom is -0.383 e. The Morgan fingerprint density at radius 1 is 1.35 bits per heavy atom. The van der Waals surface area contributed by atoms with Crippen molar-refractivity contribution in [3.8, 4) is 0 Å². The first-order chi connectivity index (χ1) is 11.1. The topological polar surface area (TPSA) is 53.6 Å². The molecule has 0 aliphatic carbocycles. The number of halogens is 1. The molecule has 0 bridgehead atoms. The highest BCUT2D eigenvalue weighted by atomic mass is 32.1. The summed E-state index contributed by atoms with van der Waals surface area (Å²) in [6.07, 6.45) is 1.66. The average molecular weight is 339 g/mol. The van der Waals surface area contributed by atoms with E-state index in [2.05, 4.69) is 15.5 Å². The molecule has 1 amide bonds. The van der Waals surface area contributed by atoms with Crippen LogP contribution in [0.15, 0.2) is 24.3 Å². The highest BCUT2D eigenvalue weighted by Gasteiger charge is 2.22. The lowest BCUT2D eigenvalue weighted by molar-refractivity contribution is 0.0922. The van der Waals surface area contributed by atoms with E-state index in [9.17, 15) is 9.18 Å². The van der Waals surface area contributed by atoms with Crippen molar-refractivity contribution in [2.45, 2.75) is 18.9 Å². The number of benzene rings is 1. The number of nitrogens with one attached hydrogen (secondary N) is 2. The smallest absolute Gasteiger partial charge is 0.251 e. The lowest BCUT2D eigenvalue weighted by Crippen LogP contribution is -2.49. The fourth-order valence-corrected chi connectivity index (χ4v) is 2.75. The summed E-state index contributed by atoms with van der Waals surface area (Å²) in [7, 11) is 1.65. The van der Waals surface area contributed by atoms with Crippen LogP contribution in [0.2, 0.25) is 0 Å². The van der Waals surface area contributed by atoms with Gasteiger partial charge >= 0.3 is 0 Å². The lowest BCUT2D eigenvalue weighted by atomic mass is 10.0. The summed E-state index contributed by atoms with van der Waals surface area (Å²) in [5.74, 6) is -0.506. The monoisotopic (exact) mass is 339 g/mol. The van der Waals surface area contributed by atoms with Crippen molar-refractivity contribution < 1.29 is 13.9 Å². The van der Waals surface area contributed by atoms with Gasteiger partial charge in [0, 0.05) is 38.3 Å². The number of likely N-dealkylation sites (tertiary alicyclic amines) is 1. The van der Waals surface area contributed by atoms with Gasteiger partial charge in [-0.15, -0.1) is 0 Å². The number of rotatable bonds is 5. The number of nitrogens with zero attached hydrogens (tertiary/aromatic N) is 1. The van der Waals surface area contributed by atoms with Gasteiger partial charge in [0.1, 0.15) is 5.82 Å². The molecule has 1 fully saturated rings. The number of piperidine rings is 1. The summed E-state index contributed by atoms with van der Waals surface area (Å²) in [5, 5.41) is 6.87. The Bertz CT molecular complexity index is 531. The van der Waals surface area contributed by atoms with Crippen LogP contribution in [0.1, 0.15) is 23.2 Å². The number of carbonyl (C=O) groups is 1. The van der Waals surface area contributed by atoms with Crippen LogP contribution in [-0.2, 0) is 4.74 Å². The third kappa shape index (κ3) is 5.44. The first kappa shape index (κ1) is 17.6. The molecule has 23 heavy (non-hydrogen) atoms. The van der Waals surface area contributed by atoms with E-state index in [1.54, 1.807) is 7.11 Å². The van der Waals surface area contributed by atoms with Gasteiger partial charge < -0.3 is 20.3 Å². The number of hydrogen-bond donors (Lipinski definition) is 2. The summed E-state index contributed by atoms with van der Waals surface area (Å²) in [6, 6.07) is 5.69. The molecule has 0 saturated carbocycles. The molecule has 7 heteroatoms. The van der Waals surface area contributed by atoms with E-state index in [-0.39, 0.29) is 17.8 Å². The van der Waals surface area contributed by atoms with Crippen molar-refractivity contribution in [1.29, 1.82) is 0 Å². The van der Waals surface area contributed by atoms with Gasteiger partial charge in [0.25, 0.3) is 5.91 Å². The first-order valence-corrected chi connectivity index (χ1v) is 8.09. The van der Waals surface area contributed by atoms with Gasteiger partial charge in [-0.1, -0.05) is 0 Å². The van der Waals surface area contributed by atoms with E-state index < -0.39 is 0 Å². The molecule has 0 unspecified atom stereocenters. The summed E-state index contributed by atoms with van der Waals surface area (Å²) in [6.45, 7) is 2.90. The molecule has 0 radical (unpaired) electrons. The van der Waals surface area contributed by atoms with E-state index in [4.69, 9.17) is 17.0 Å². The van der Waals surface area contributed by atoms with Crippen LogP contribution in [0.25, 0.3) is 0 Å². The van der Waals surface area contributed by atoms with E-state index >= 15 is 0 Å². The van der Waals surface area contributed by atoms with Gasteiger partial charge in [-0.25, -0.2) is 4.39 Å². The van der Waals surface area contributed by atoms with E-state index in [0.717, 1.165) is 31.0 Å². The van der Waals surface area contributed by atoms with Crippen LogP contribution in [0.5, 0.6) is 0 Å². The SMILES string of the molecule is COCCNC(=S)N1CCC(NC(=O)c2ccc(F)cc2)CC1. The molecule has 1 aliphatic heterocycles. The van der Waals surface area contributed by atoms with Crippen LogP contribution < -0.4 is 10.6 Å². The Morgan fingerprint density at radius 2 is 2.00 bits per heavy atom. The largest absolute Gasteiger partial charge is 0.383 e. The van der Waals surface area contributed by atoms with Gasteiger partial charge in [-0.05, 0) is 49.3 Å². The molecule has 2 N–H and O–H groups in total. The Morgan fingerprint density at radius 3 is 2.61 bits per heavy atom.